The largest absolute Gasteiger partial charge is 0.118 e. The van der Waals surface area contributed by atoms with Crippen LogP contribution in [0.1, 0.15) is 17.9 Å². The highest BCUT2D eigenvalue weighted by Gasteiger charge is 2.03. The Hall–Kier alpha value is -1.53. The van der Waals surface area contributed by atoms with Gasteiger partial charge in [-0.25, -0.2) is 0 Å². The van der Waals surface area contributed by atoms with E-state index in [1.807, 2.05) is 6.92 Å². The third kappa shape index (κ3) is 1.89. The van der Waals surface area contributed by atoms with Crippen molar-refractivity contribution in [3.63, 3.8) is 0 Å². The van der Waals surface area contributed by atoms with Gasteiger partial charge < -0.3 is 0 Å². The Kier molecular flexibility index (Phi) is 2.53. The van der Waals surface area contributed by atoms with E-state index in [2.05, 4.69) is 54.6 Å². The van der Waals surface area contributed by atoms with Crippen LogP contribution in [-0.4, -0.2) is 0 Å². The van der Waals surface area contributed by atoms with Crippen LogP contribution in [0.15, 0.2) is 54.6 Å². The third-order valence-corrected chi connectivity index (χ3v) is 3.44. The topological polar surface area (TPSA) is 0 Å². The first-order chi connectivity index (χ1) is 8.24. The van der Waals surface area contributed by atoms with Gasteiger partial charge in [-0.15, -0.1) is 11.6 Å². The second kappa shape index (κ2) is 4.05. The molecule has 3 aromatic carbocycles. The van der Waals surface area contributed by atoms with E-state index in [1.165, 1.54) is 27.1 Å². The number of alkyl halides is 1. The lowest BCUT2D eigenvalue weighted by atomic mass is 10.0. The van der Waals surface area contributed by atoms with Crippen LogP contribution in [0, 0.1) is 0 Å². The molecule has 0 heterocycles. The van der Waals surface area contributed by atoms with Gasteiger partial charge >= 0.3 is 0 Å². The first kappa shape index (κ1) is 10.6. The molecule has 0 aliphatic rings. The highest BCUT2D eigenvalue weighted by Crippen LogP contribution is 2.27. The Balaban J connectivity index is 2.32. The second-order valence-electron chi connectivity index (χ2n) is 4.42. The number of fused-ring (bicyclic) bond motifs is 2. The normalized spacial score (nSPS) is 13.1. The average Bonchev–Trinajstić information content (AvgIpc) is 2.35. The van der Waals surface area contributed by atoms with Crippen molar-refractivity contribution in [1.82, 2.24) is 0 Å². The number of hydrogen-bond acceptors (Lipinski definition) is 0. The minimum Gasteiger partial charge on any atom is -0.118 e. The Labute approximate surface area is 106 Å². The molecule has 0 saturated carbocycles. The summed E-state index contributed by atoms with van der Waals surface area (Å²) in [5, 5.41) is 5.15. The van der Waals surface area contributed by atoms with Crippen molar-refractivity contribution in [2.24, 2.45) is 0 Å². The predicted molar refractivity (Wildman–Crippen MR) is 75.7 cm³/mol. The number of rotatable bonds is 1. The first-order valence-electron chi connectivity index (χ1n) is 5.80. The van der Waals surface area contributed by atoms with Crippen molar-refractivity contribution in [2.45, 2.75) is 12.3 Å². The van der Waals surface area contributed by atoms with Gasteiger partial charge in [-0.1, -0.05) is 36.4 Å². The van der Waals surface area contributed by atoms with Gasteiger partial charge in [0.15, 0.2) is 0 Å². The van der Waals surface area contributed by atoms with Crippen LogP contribution in [0.25, 0.3) is 21.5 Å². The van der Waals surface area contributed by atoms with E-state index in [0.29, 0.717) is 0 Å². The molecule has 0 spiro atoms. The predicted octanol–water partition coefficient (Wildman–Crippen LogP) is 5.29. The summed E-state index contributed by atoms with van der Waals surface area (Å²) in [5.41, 5.74) is 1.18. The second-order valence-corrected chi connectivity index (χ2v) is 5.08. The molecule has 0 aliphatic carbocycles. The Bertz CT molecular complexity index is 683. The van der Waals surface area contributed by atoms with Gasteiger partial charge in [0.2, 0.25) is 0 Å². The van der Waals surface area contributed by atoms with Crippen LogP contribution in [0.2, 0.25) is 0 Å². The smallest absolute Gasteiger partial charge is 0.0557 e. The Morgan fingerprint density at radius 2 is 1.35 bits per heavy atom. The van der Waals surface area contributed by atoms with Crippen LogP contribution in [-0.2, 0) is 0 Å². The molecule has 1 heteroatoms. The summed E-state index contributed by atoms with van der Waals surface area (Å²) in [6.07, 6.45) is 0. The van der Waals surface area contributed by atoms with Gasteiger partial charge in [-0.3, -0.25) is 0 Å². The SMILES string of the molecule is C[C@H](Cl)c1ccc2cc3ccccc3cc2c1. The van der Waals surface area contributed by atoms with Crippen LogP contribution < -0.4 is 0 Å². The molecular formula is C16H13Cl. The monoisotopic (exact) mass is 240 g/mol. The van der Waals surface area contributed by atoms with Gasteiger partial charge in [0, 0.05) is 0 Å². The third-order valence-electron chi connectivity index (χ3n) is 3.19. The first-order valence-corrected chi connectivity index (χ1v) is 6.24. The van der Waals surface area contributed by atoms with Crippen LogP contribution in [0.3, 0.4) is 0 Å². The molecule has 17 heavy (non-hydrogen) atoms. The van der Waals surface area contributed by atoms with E-state index in [1.54, 1.807) is 0 Å². The fourth-order valence-electron chi connectivity index (χ4n) is 2.21. The molecule has 3 rings (SSSR count). The zero-order valence-electron chi connectivity index (χ0n) is 9.65. The molecule has 0 N–H and O–H groups in total. The molecule has 0 fully saturated rings. The van der Waals surface area contributed by atoms with E-state index in [-0.39, 0.29) is 5.38 Å². The fraction of sp³-hybridized carbons (Fsp3) is 0.125. The Morgan fingerprint density at radius 3 is 2.00 bits per heavy atom. The molecule has 0 nitrogen and oxygen atoms in total. The van der Waals surface area contributed by atoms with Gasteiger partial charge in [-0.2, -0.15) is 0 Å². The number of hydrogen-bond donors (Lipinski definition) is 0. The van der Waals surface area contributed by atoms with Gasteiger partial charge in [0.25, 0.3) is 0 Å². The van der Waals surface area contributed by atoms with Crippen molar-refractivity contribution in [3.8, 4) is 0 Å². The van der Waals surface area contributed by atoms with E-state index < -0.39 is 0 Å². The summed E-state index contributed by atoms with van der Waals surface area (Å²) in [6.45, 7) is 2.00. The minimum atomic E-state index is 0.0610. The molecule has 0 amide bonds. The molecular weight excluding hydrogens is 228 g/mol. The molecule has 0 radical (unpaired) electrons. The zero-order chi connectivity index (χ0) is 11.8. The van der Waals surface area contributed by atoms with E-state index >= 15 is 0 Å². The average molecular weight is 241 g/mol. The minimum absolute atomic E-state index is 0.0610. The molecule has 0 bridgehead atoms. The molecule has 1 atom stereocenters. The van der Waals surface area contributed by atoms with Gasteiger partial charge in [-0.05, 0) is 52.2 Å². The summed E-state index contributed by atoms with van der Waals surface area (Å²) in [5.74, 6) is 0. The zero-order valence-corrected chi connectivity index (χ0v) is 10.4. The molecule has 3 aromatic rings. The summed E-state index contributed by atoms with van der Waals surface area (Å²) < 4.78 is 0. The molecule has 0 unspecified atom stereocenters. The highest BCUT2D eigenvalue weighted by atomic mass is 35.5. The maximum atomic E-state index is 6.12. The summed E-state index contributed by atoms with van der Waals surface area (Å²) in [6, 6.07) is 19.3. The number of benzene rings is 3. The summed E-state index contributed by atoms with van der Waals surface area (Å²) >= 11 is 6.12. The van der Waals surface area contributed by atoms with E-state index in [9.17, 15) is 0 Å². The van der Waals surface area contributed by atoms with Crippen molar-refractivity contribution in [3.05, 3.63) is 60.2 Å². The fourth-order valence-corrected chi connectivity index (χ4v) is 2.34. The standard InChI is InChI=1S/C16H13Cl/c1-11(17)12-6-7-15-9-13-4-2-3-5-14(13)10-16(15)8-12/h2-11H,1H3/t11-/m0/s1. The lowest BCUT2D eigenvalue weighted by molar-refractivity contribution is 1.09. The lowest BCUT2D eigenvalue weighted by Crippen LogP contribution is -1.84. The Morgan fingerprint density at radius 1 is 0.765 bits per heavy atom. The van der Waals surface area contributed by atoms with Gasteiger partial charge in [0.1, 0.15) is 0 Å². The van der Waals surface area contributed by atoms with Crippen molar-refractivity contribution in [1.29, 1.82) is 0 Å². The van der Waals surface area contributed by atoms with Crippen LogP contribution >= 0.6 is 11.6 Å². The van der Waals surface area contributed by atoms with E-state index in [0.717, 1.165) is 0 Å². The number of halogens is 1. The van der Waals surface area contributed by atoms with Crippen molar-refractivity contribution >= 4 is 33.1 Å². The van der Waals surface area contributed by atoms with Gasteiger partial charge in [0.05, 0.1) is 5.38 Å². The highest BCUT2D eigenvalue weighted by molar-refractivity contribution is 6.20. The maximum absolute atomic E-state index is 6.12. The molecule has 0 aliphatic heterocycles. The summed E-state index contributed by atoms with van der Waals surface area (Å²) in [4.78, 5) is 0. The molecule has 0 saturated heterocycles. The quantitative estimate of drug-likeness (QED) is 0.400. The molecule has 84 valence electrons. The van der Waals surface area contributed by atoms with Crippen LogP contribution in [0.5, 0.6) is 0 Å². The van der Waals surface area contributed by atoms with E-state index in [4.69, 9.17) is 11.6 Å². The maximum Gasteiger partial charge on any atom is 0.0557 e. The summed E-state index contributed by atoms with van der Waals surface area (Å²) in [7, 11) is 0. The van der Waals surface area contributed by atoms with Crippen LogP contribution in [0.4, 0.5) is 0 Å². The molecule has 0 aromatic heterocycles. The van der Waals surface area contributed by atoms with Crippen molar-refractivity contribution < 1.29 is 0 Å². The lowest BCUT2D eigenvalue weighted by Gasteiger charge is -2.07. The van der Waals surface area contributed by atoms with Crippen molar-refractivity contribution in [2.75, 3.05) is 0 Å².